The minimum atomic E-state index is -0.441. The van der Waals surface area contributed by atoms with Crippen molar-refractivity contribution in [3.63, 3.8) is 0 Å². The Balaban J connectivity index is 1.77. The lowest BCUT2D eigenvalue weighted by Gasteiger charge is -2.06. The zero-order chi connectivity index (χ0) is 16.2. The maximum Gasteiger partial charge on any atom is 0.292 e. The van der Waals surface area contributed by atoms with Gasteiger partial charge in [0.05, 0.1) is 11.4 Å². The average Bonchev–Trinajstić information content (AvgIpc) is 2.95. The fourth-order valence-corrected chi connectivity index (χ4v) is 2.11. The van der Waals surface area contributed by atoms with E-state index in [9.17, 15) is 4.79 Å². The lowest BCUT2D eigenvalue weighted by molar-refractivity contribution is 0.0956. The summed E-state index contributed by atoms with van der Waals surface area (Å²) in [6, 6.07) is 8.79. The van der Waals surface area contributed by atoms with Gasteiger partial charge in [-0.1, -0.05) is 22.9 Å². The van der Waals surface area contributed by atoms with Crippen molar-refractivity contribution in [3.05, 3.63) is 59.1 Å². The van der Waals surface area contributed by atoms with E-state index in [1.54, 1.807) is 48.3 Å². The number of carbonyl (C=O) groups excluding carboxylic acids is 1. The molecule has 2 N–H and O–H groups in total. The second kappa shape index (κ2) is 6.41. The van der Waals surface area contributed by atoms with Crippen LogP contribution in [0.4, 0.5) is 5.95 Å². The van der Waals surface area contributed by atoms with E-state index in [4.69, 9.17) is 11.6 Å². The molecule has 23 heavy (non-hydrogen) atoms. The van der Waals surface area contributed by atoms with E-state index in [1.165, 1.54) is 0 Å². The lowest BCUT2D eigenvalue weighted by Crippen LogP contribution is -2.31. The molecule has 2 aromatic heterocycles. The molecule has 1 amide bonds. The highest BCUT2D eigenvalue weighted by atomic mass is 35.5. The van der Waals surface area contributed by atoms with E-state index in [0.29, 0.717) is 10.7 Å². The highest BCUT2D eigenvalue weighted by molar-refractivity contribution is 6.30. The van der Waals surface area contributed by atoms with Crippen LogP contribution < -0.4 is 10.9 Å². The van der Waals surface area contributed by atoms with Crippen molar-refractivity contribution in [3.8, 4) is 5.69 Å². The van der Waals surface area contributed by atoms with E-state index in [1.807, 2.05) is 6.07 Å². The average molecular weight is 330 g/mol. The summed E-state index contributed by atoms with van der Waals surface area (Å²) >= 11 is 5.97. The standard InChI is InChI=1S/C14H12ClN7O/c1-9-12(13(23)19-20-14-16-6-3-7-17-14)18-21-22(9)11-5-2-4-10(15)8-11/h2-8H,1H3,(H,19,23)(H,16,17,20). The molecule has 0 aliphatic rings. The Bertz CT molecular complexity index is 834. The van der Waals surface area contributed by atoms with Gasteiger partial charge >= 0.3 is 0 Å². The Kier molecular flexibility index (Phi) is 4.15. The van der Waals surface area contributed by atoms with E-state index >= 15 is 0 Å². The molecule has 0 radical (unpaired) electrons. The SMILES string of the molecule is Cc1c(C(=O)NNc2ncccn2)nnn1-c1cccc(Cl)c1. The van der Waals surface area contributed by atoms with Gasteiger partial charge in [0.2, 0.25) is 5.95 Å². The molecule has 9 heteroatoms. The van der Waals surface area contributed by atoms with Gasteiger partial charge in [-0.05, 0) is 31.2 Å². The first-order chi connectivity index (χ1) is 11.1. The molecule has 116 valence electrons. The minimum absolute atomic E-state index is 0.188. The summed E-state index contributed by atoms with van der Waals surface area (Å²) < 4.78 is 1.54. The van der Waals surface area contributed by atoms with E-state index in [2.05, 4.69) is 31.1 Å². The van der Waals surface area contributed by atoms with Crippen molar-refractivity contribution in [2.45, 2.75) is 6.92 Å². The van der Waals surface area contributed by atoms with Gasteiger partial charge in [-0.25, -0.2) is 14.6 Å². The molecule has 3 rings (SSSR count). The Morgan fingerprint density at radius 3 is 2.74 bits per heavy atom. The molecular formula is C14H12ClN7O. The number of rotatable bonds is 4. The summed E-state index contributed by atoms with van der Waals surface area (Å²) in [5, 5.41) is 8.48. The highest BCUT2D eigenvalue weighted by Gasteiger charge is 2.17. The summed E-state index contributed by atoms with van der Waals surface area (Å²) in [5.41, 5.74) is 6.58. The predicted molar refractivity (Wildman–Crippen MR) is 84.2 cm³/mol. The van der Waals surface area contributed by atoms with Gasteiger partial charge in [0.25, 0.3) is 5.91 Å². The summed E-state index contributed by atoms with van der Waals surface area (Å²) in [7, 11) is 0. The van der Waals surface area contributed by atoms with Gasteiger partial charge < -0.3 is 0 Å². The van der Waals surface area contributed by atoms with Gasteiger partial charge in [0.15, 0.2) is 5.69 Å². The number of nitrogens with one attached hydrogen (secondary N) is 2. The van der Waals surface area contributed by atoms with Crippen LogP contribution in [0.15, 0.2) is 42.7 Å². The summed E-state index contributed by atoms with van der Waals surface area (Å²) in [6.07, 6.45) is 3.12. The Labute approximate surface area is 136 Å². The monoisotopic (exact) mass is 329 g/mol. The van der Waals surface area contributed by atoms with Gasteiger partial charge in [-0.3, -0.25) is 15.6 Å². The molecule has 3 aromatic rings. The summed E-state index contributed by atoms with van der Waals surface area (Å²) in [5.74, 6) is -0.163. The maximum atomic E-state index is 12.2. The van der Waals surface area contributed by atoms with Crippen LogP contribution >= 0.6 is 11.6 Å². The topological polar surface area (TPSA) is 97.6 Å². The van der Waals surface area contributed by atoms with Crippen LogP contribution in [0, 0.1) is 6.92 Å². The largest absolute Gasteiger partial charge is 0.292 e. The number of nitrogens with zero attached hydrogens (tertiary/aromatic N) is 5. The number of aromatic nitrogens is 5. The molecule has 0 fully saturated rings. The first-order valence-electron chi connectivity index (χ1n) is 6.67. The first-order valence-corrected chi connectivity index (χ1v) is 7.04. The van der Waals surface area contributed by atoms with Crippen LogP contribution in [-0.2, 0) is 0 Å². The molecule has 0 spiro atoms. The predicted octanol–water partition coefficient (Wildman–Crippen LogP) is 1.78. The Morgan fingerprint density at radius 2 is 2.00 bits per heavy atom. The van der Waals surface area contributed by atoms with Crippen molar-refractivity contribution >= 4 is 23.5 Å². The van der Waals surface area contributed by atoms with Crippen LogP contribution in [0.25, 0.3) is 5.69 Å². The molecule has 2 heterocycles. The fourth-order valence-electron chi connectivity index (χ4n) is 1.93. The molecular weight excluding hydrogens is 318 g/mol. The number of hydrogen-bond acceptors (Lipinski definition) is 6. The van der Waals surface area contributed by atoms with Gasteiger partial charge in [0, 0.05) is 17.4 Å². The molecule has 0 atom stereocenters. The lowest BCUT2D eigenvalue weighted by atomic mass is 10.3. The van der Waals surface area contributed by atoms with Crippen LogP contribution in [-0.4, -0.2) is 30.9 Å². The number of hydrogen-bond donors (Lipinski definition) is 2. The van der Waals surface area contributed by atoms with Crippen molar-refractivity contribution < 1.29 is 4.79 Å². The minimum Gasteiger partial charge on any atom is -0.265 e. The van der Waals surface area contributed by atoms with Gasteiger partial charge in [-0.2, -0.15) is 0 Å². The third-order valence-corrected chi connectivity index (χ3v) is 3.25. The Hall–Kier alpha value is -3.00. The number of amides is 1. The van der Waals surface area contributed by atoms with Crippen LogP contribution in [0.1, 0.15) is 16.2 Å². The first kappa shape index (κ1) is 14.9. The zero-order valence-electron chi connectivity index (χ0n) is 12.1. The fraction of sp³-hybridized carbons (Fsp3) is 0.0714. The summed E-state index contributed by atoms with van der Waals surface area (Å²) in [4.78, 5) is 20.1. The smallest absolute Gasteiger partial charge is 0.265 e. The van der Waals surface area contributed by atoms with Gasteiger partial charge in [-0.15, -0.1) is 5.10 Å². The maximum absolute atomic E-state index is 12.2. The van der Waals surface area contributed by atoms with E-state index in [-0.39, 0.29) is 11.6 Å². The quantitative estimate of drug-likeness (QED) is 0.708. The number of halogens is 1. The summed E-state index contributed by atoms with van der Waals surface area (Å²) in [6.45, 7) is 1.74. The van der Waals surface area contributed by atoms with Crippen LogP contribution in [0.2, 0.25) is 5.02 Å². The molecule has 8 nitrogen and oxygen atoms in total. The van der Waals surface area contributed by atoms with E-state index < -0.39 is 5.91 Å². The van der Waals surface area contributed by atoms with Crippen LogP contribution in [0.5, 0.6) is 0 Å². The molecule has 0 aliphatic heterocycles. The molecule has 0 unspecified atom stereocenters. The molecule has 0 bridgehead atoms. The zero-order valence-corrected chi connectivity index (χ0v) is 12.8. The normalized spacial score (nSPS) is 10.3. The second-order valence-electron chi connectivity index (χ2n) is 4.57. The van der Waals surface area contributed by atoms with Crippen molar-refractivity contribution in [1.82, 2.24) is 30.4 Å². The van der Waals surface area contributed by atoms with E-state index in [0.717, 1.165) is 5.69 Å². The molecule has 0 aliphatic carbocycles. The third-order valence-electron chi connectivity index (χ3n) is 3.02. The highest BCUT2D eigenvalue weighted by Crippen LogP contribution is 2.16. The van der Waals surface area contributed by atoms with Crippen molar-refractivity contribution in [2.75, 3.05) is 5.43 Å². The van der Waals surface area contributed by atoms with Crippen LogP contribution in [0.3, 0.4) is 0 Å². The number of benzene rings is 1. The molecule has 1 aromatic carbocycles. The Morgan fingerprint density at radius 1 is 1.22 bits per heavy atom. The number of anilines is 1. The van der Waals surface area contributed by atoms with Crippen molar-refractivity contribution in [2.24, 2.45) is 0 Å². The number of hydrazine groups is 1. The number of carbonyl (C=O) groups is 1. The molecule has 0 saturated carbocycles. The second-order valence-corrected chi connectivity index (χ2v) is 5.00. The van der Waals surface area contributed by atoms with Crippen molar-refractivity contribution in [1.29, 1.82) is 0 Å². The third kappa shape index (κ3) is 3.27. The van der Waals surface area contributed by atoms with Gasteiger partial charge in [0.1, 0.15) is 0 Å². The molecule has 0 saturated heterocycles.